The number of carboxylic acid groups (broad SMARTS) is 1. The van der Waals surface area contributed by atoms with Gasteiger partial charge in [-0.3, -0.25) is 0 Å². The summed E-state index contributed by atoms with van der Waals surface area (Å²) in [6, 6.07) is 14.3. The first kappa shape index (κ1) is 20.9. The van der Waals surface area contributed by atoms with Crippen molar-refractivity contribution in [2.24, 2.45) is 11.8 Å². The fourth-order valence-corrected chi connectivity index (χ4v) is 4.42. The van der Waals surface area contributed by atoms with E-state index in [1.54, 1.807) is 13.2 Å². The Kier molecular flexibility index (Phi) is 6.21. The van der Waals surface area contributed by atoms with E-state index >= 15 is 0 Å². The maximum absolute atomic E-state index is 11.6. The van der Waals surface area contributed by atoms with Gasteiger partial charge in [0.15, 0.2) is 0 Å². The second-order valence-electron chi connectivity index (χ2n) is 7.91. The van der Waals surface area contributed by atoms with Gasteiger partial charge in [0.1, 0.15) is 11.7 Å². The van der Waals surface area contributed by atoms with E-state index in [1.807, 2.05) is 36.3 Å². The minimum absolute atomic E-state index is 0.0292. The molecule has 6 heteroatoms. The molecule has 1 N–H and O–H groups in total. The fraction of sp³-hybridized carbons (Fsp3) is 0.320. The quantitative estimate of drug-likeness (QED) is 0.735. The lowest BCUT2D eigenvalue weighted by atomic mass is 9.76. The lowest BCUT2D eigenvalue weighted by Crippen LogP contribution is -2.49. The van der Waals surface area contributed by atoms with Gasteiger partial charge in [0.2, 0.25) is 0 Å². The van der Waals surface area contributed by atoms with Crippen LogP contribution < -0.4 is 0 Å². The number of rotatable bonds is 5. The molecule has 0 aromatic heterocycles. The van der Waals surface area contributed by atoms with Crippen LogP contribution in [0.2, 0.25) is 0 Å². The zero-order valence-electron chi connectivity index (χ0n) is 17.4. The van der Waals surface area contributed by atoms with Crippen LogP contribution in [-0.4, -0.2) is 48.3 Å². The van der Waals surface area contributed by atoms with Gasteiger partial charge < -0.3 is 19.5 Å². The van der Waals surface area contributed by atoms with Crippen LogP contribution in [0.25, 0.3) is 10.8 Å². The zero-order chi connectivity index (χ0) is 21.8. The SMILES string of the molecule is COC1=CC(=C=O)C(C2CCN(C(=O)O)CC2OCc2ccc3ccccc3c2)C=C1. The van der Waals surface area contributed by atoms with Crippen LogP contribution in [0.3, 0.4) is 0 Å². The van der Waals surface area contributed by atoms with Crippen LogP contribution >= 0.6 is 0 Å². The molecule has 6 nitrogen and oxygen atoms in total. The summed E-state index contributed by atoms with van der Waals surface area (Å²) in [4.78, 5) is 24.6. The summed E-state index contributed by atoms with van der Waals surface area (Å²) >= 11 is 0. The van der Waals surface area contributed by atoms with Crippen LogP contribution in [0.15, 0.2) is 72.0 Å². The Balaban J connectivity index is 1.54. The Bertz CT molecular complexity index is 1080. The number of carbonyl (C=O) groups excluding carboxylic acids is 1. The molecule has 2 aromatic carbocycles. The van der Waals surface area contributed by atoms with E-state index in [1.165, 1.54) is 4.90 Å². The number of likely N-dealkylation sites (tertiary alicyclic amines) is 1. The molecule has 4 rings (SSSR count). The lowest BCUT2D eigenvalue weighted by molar-refractivity contribution is -0.0490. The summed E-state index contributed by atoms with van der Waals surface area (Å²) in [7, 11) is 1.56. The van der Waals surface area contributed by atoms with Gasteiger partial charge in [0.05, 0.1) is 26.4 Å². The number of ether oxygens (including phenoxy) is 2. The molecule has 1 heterocycles. The number of hydrogen-bond donors (Lipinski definition) is 1. The molecule has 0 radical (unpaired) electrons. The fourth-order valence-electron chi connectivity index (χ4n) is 4.42. The van der Waals surface area contributed by atoms with E-state index in [9.17, 15) is 14.7 Å². The number of nitrogens with zero attached hydrogens (tertiary/aromatic N) is 1. The molecule has 0 spiro atoms. The Morgan fingerprint density at radius 2 is 2.03 bits per heavy atom. The lowest BCUT2D eigenvalue weighted by Gasteiger charge is -2.40. The van der Waals surface area contributed by atoms with Crippen molar-refractivity contribution in [1.82, 2.24) is 4.90 Å². The maximum Gasteiger partial charge on any atom is 0.407 e. The average Bonchev–Trinajstić information content (AvgIpc) is 2.82. The molecule has 1 aliphatic carbocycles. The smallest absolute Gasteiger partial charge is 0.407 e. The molecule has 1 saturated heterocycles. The molecule has 31 heavy (non-hydrogen) atoms. The predicted molar refractivity (Wildman–Crippen MR) is 117 cm³/mol. The Morgan fingerprint density at radius 1 is 1.23 bits per heavy atom. The third-order valence-electron chi connectivity index (χ3n) is 6.10. The molecule has 160 valence electrons. The topological polar surface area (TPSA) is 76.1 Å². The largest absolute Gasteiger partial charge is 0.497 e. The first-order valence-electron chi connectivity index (χ1n) is 10.3. The molecule has 0 bridgehead atoms. The second-order valence-corrected chi connectivity index (χ2v) is 7.91. The van der Waals surface area contributed by atoms with Gasteiger partial charge in [0.25, 0.3) is 0 Å². The molecular formula is C25H25NO5. The first-order chi connectivity index (χ1) is 15.1. The van der Waals surface area contributed by atoms with Crippen LogP contribution in [-0.2, 0) is 20.9 Å². The van der Waals surface area contributed by atoms with Gasteiger partial charge in [0, 0.05) is 18.0 Å². The molecule has 3 unspecified atom stereocenters. The van der Waals surface area contributed by atoms with Crippen molar-refractivity contribution in [2.45, 2.75) is 19.1 Å². The molecule has 1 fully saturated rings. The Hall–Kier alpha value is -3.34. The highest BCUT2D eigenvalue weighted by atomic mass is 16.5. The third-order valence-corrected chi connectivity index (χ3v) is 6.10. The maximum atomic E-state index is 11.6. The van der Waals surface area contributed by atoms with E-state index in [4.69, 9.17) is 9.47 Å². The highest BCUT2D eigenvalue weighted by molar-refractivity contribution is 5.82. The number of methoxy groups -OCH3 is 1. The van der Waals surface area contributed by atoms with Crippen molar-refractivity contribution in [3.63, 3.8) is 0 Å². The summed E-state index contributed by atoms with van der Waals surface area (Å²) in [6.07, 6.45) is 4.78. The average molecular weight is 419 g/mol. The van der Waals surface area contributed by atoms with Crippen molar-refractivity contribution in [3.8, 4) is 0 Å². The number of benzene rings is 2. The summed E-state index contributed by atoms with van der Waals surface area (Å²) in [5.74, 6) is 2.43. The van der Waals surface area contributed by atoms with Crippen LogP contribution in [0, 0.1) is 11.8 Å². The number of fused-ring (bicyclic) bond motifs is 1. The van der Waals surface area contributed by atoms with Crippen LogP contribution in [0.4, 0.5) is 4.79 Å². The van der Waals surface area contributed by atoms with Crippen molar-refractivity contribution < 1.29 is 24.2 Å². The summed E-state index contributed by atoms with van der Waals surface area (Å²) in [6.45, 7) is 1.05. The van der Waals surface area contributed by atoms with Gasteiger partial charge in [-0.25, -0.2) is 9.59 Å². The third kappa shape index (κ3) is 4.55. The highest BCUT2D eigenvalue weighted by Gasteiger charge is 2.38. The second kappa shape index (κ2) is 9.21. The predicted octanol–water partition coefficient (Wildman–Crippen LogP) is 4.20. The van der Waals surface area contributed by atoms with Gasteiger partial charge in [-0.1, -0.05) is 42.5 Å². The summed E-state index contributed by atoms with van der Waals surface area (Å²) in [5, 5.41) is 11.8. The van der Waals surface area contributed by atoms with Gasteiger partial charge in [-0.05, 0) is 46.9 Å². The zero-order valence-corrected chi connectivity index (χ0v) is 17.4. The van der Waals surface area contributed by atoms with Crippen molar-refractivity contribution >= 4 is 22.8 Å². The van der Waals surface area contributed by atoms with Gasteiger partial charge in [-0.15, -0.1) is 0 Å². The number of carbonyl (C=O) groups is 1. The van der Waals surface area contributed by atoms with E-state index in [0.717, 1.165) is 16.3 Å². The molecule has 2 aromatic rings. The van der Waals surface area contributed by atoms with Crippen molar-refractivity contribution in [3.05, 3.63) is 77.6 Å². The van der Waals surface area contributed by atoms with E-state index in [-0.39, 0.29) is 24.5 Å². The summed E-state index contributed by atoms with van der Waals surface area (Å²) in [5.41, 5.74) is 1.53. The Labute approximate surface area is 181 Å². The normalized spacial score (nSPS) is 23.4. The van der Waals surface area contributed by atoms with E-state index in [2.05, 4.69) is 24.3 Å². The number of piperidine rings is 1. The van der Waals surface area contributed by atoms with Crippen molar-refractivity contribution in [1.29, 1.82) is 0 Å². The molecule has 2 aliphatic rings. The number of allylic oxidation sites excluding steroid dienone is 4. The van der Waals surface area contributed by atoms with Gasteiger partial charge in [-0.2, -0.15) is 0 Å². The monoisotopic (exact) mass is 419 g/mol. The molecule has 3 atom stereocenters. The highest BCUT2D eigenvalue weighted by Crippen LogP contribution is 2.36. The van der Waals surface area contributed by atoms with Crippen molar-refractivity contribution in [2.75, 3.05) is 20.2 Å². The molecule has 0 saturated carbocycles. The van der Waals surface area contributed by atoms with Crippen LogP contribution in [0.5, 0.6) is 0 Å². The molecular weight excluding hydrogens is 394 g/mol. The number of amides is 1. The van der Waals surface area contributed by atoms with E-state index in [0.29, 0.717) is 30.9 Å². The van der Waals surface area contributed by atoms with Crippen LogP contribution in [0.1, 0.15) is 12.0 Å². The Morgan fingerprint density at radius 3 is 2.77 bits per heavy atom. The minimum Gasteiger partial charge on any atom is -0.497 e. The first-order valence-corrected chi connectivity index (χ1v) is 10.3. The minimum atomic E-state index is -0.954. The summed E-state index contributed by atoms with van der Waals surface area (Å²) < 4.78 is 11.5. The number of hydrogen-bond acceptors (Lipinski definition) is 4. The van der Waals surface area contributed by atoms with E-state index < -0.39 is 6.09 Å². The standard InChI is InChI=1S/C25H25NO5/c1-30-21-8-9-22(20(13-21)15-27)23-10-11-26(25(28)29)14-24(23)31-16-17-6-7-18-4-2-3-5-19(18)12-17/h2-9,12-13,22-24H,10-11,14,16H2,1H3,(H,28,29). The molecule has 1 amide bonds. The van der Waals surface area contributed by atoms with Gasteiger partial charge >= 0.3 is 6.09 Å². The molecule has 1 aliphatic heterocycles.